The van der Waals surface area contributed by atoms with Crippen molar-refractivity contribution in [1.29, 1.82) is 5.26 Å². The average molecular weight is 432 g/mol. The zero-order valence-electron chi connectivity index (χ0n) is 19.3. The number of hydrogen-bond acceptors (Lipinski definition) is 6. The molecule has 0 unspecified atom stereocenters. The van der Waals surface area contributed by atoms with E-state index in [1.807, 2.05) is 68.4 Å². The van der Waals surface area contributed by atoms with Crippen molar-refractivity contribution in [3.8, 4) is 23.3 Å². The molecule has 0 bridgehead atoms. The van der Waals surface area contributed by atoms with Crippen molar-refractivity contribution in [1.82, 2.24) is 4.98 Å². The maximum atomic E-state index is 9.70. The summed E-state index contributed by atoms with van der Waals surface area (Å²) in [4.78, 5) is 6.84. The summed E-state index contributed by atoms with van der Waals surface area (Å²) in [7, 11) is 4.91. The molecule has 1 heterocycles. The molecule has 2 aromatic carbocycles. The highest BCUT2D eigenvalue weighted by molar-refractivity contribution is 5.52. The Labute approximate surface area is 190 Å². The van der Waals surface area contributed by atoms with Gasteiger partial charge in [-0.25, -0.2) is 4.98 Å². The van der Waals surface area contributed by atoms with E-state index in [1.165, 1.54) is 0 Å². The normalized spacial score (nSPS) is 10.9. The lowest BCUT2D eigenvalue weighted by atomic mass is 9.86. The van der Waals surface area contributed by atoms with Crippen LogP contribution < -0.4 is 19.1 Å². The molecule has 32 heavy (non-hydrogen) atoms. The van der Waals surface area contributed by atoms with Gasteiger partial charge in [0, 0.05) is 18.7 Å². The SMILES string of the molecule is COc1ccc(CN(Cc2ccc(OC)cc2)c2cc(C(C)(C)C#N)c(OC)cn2)cc1. The lowest BCUT2D eigenvalue weighted by molar-refractivity contribution is 0.400. The summed E-state index contributed by atoms with van der Waals surface area (Å²) in [6.07, 6.45) is 1.69. The van der Waals surface area contributed by atoms with Gasteiger partial charge in [-0.1, -0.05) is 24.3 Å². The number of methoxy groups -OCH3 is 3. The minimum absolute atomic E-state index is 0.606. The van der Waals surface area contributed by atoms with E-state index in [0.29, 0.717) is 18.8 Å². The Hall–Kier alpha value is -3.72. The number of benzene rings is 2. The number of nitriles is 1. The molecule has 0 aliphatic carbocycles. The first-order chi connectivity index (χ1) is 15.4. The van der Waals surface area contributed by atoms with E-state index < -0.39 is 5.41 Å². The van der Waals surface area contributed by atoms with E-state index in [2.05, 4.69) is 16.0 Å². The first-order valence-corrected chi connectivity index (χ1v) is 10.4. The van der Waals surface area contributed by atoms with Gasteiger partial charge in [0.2, 0.25) is 0 Å². The van der Waals surface area contributed by atoms with Gasteiger partial charge < -0.3 is 19.1 Å². The predicted molar refractivity (Wildman–Crippen MR) is 125 cm³/mol. The largest absolute Gasteiger partial charge is 0.497 e. The predicted octanol–water partition coefficient (Wildman–Crippen LogP) is 5.12. The summed E-state index contributed by atoms with van der Waals surface area (Å²) < 4.78 is 16.1. The Morgan fingerprint density at radius 1 is 0.844 bits per heavy atom. The highest BCUT2D eigenvalue weighted by Gasteiger charge is 2.26. The van der Waals surface area contributed by atoms with Crippen LogP contribution in [-0.2, 0) is 18.5 Å². The lowest BCUT2D eigenvalue weighted by Gasteiger charge is -2.27. The number of hydrogen-bond donors (Lipinski definition) is 0. The topological polar surface area (TPSA) is 67.6 Å². The van der Waals surface area contributed by atoms with Gasteiger partial charge in [-0.05, 0) is 55.3 Å². The van der Waals surface area contributed by atoms with Crippen molar-refractivity contribution in [2.75, 3.05) is 26.2 Å². The first-order valence-electron chi connectivity index (χ1n) is 10.4. The fraction of sp³-hybridized carbons (Fsp3) is 0.308. The highest BCUT2D eigenvalue weighted by atomic mass is 16.5. The maximum absolute atomic E-state index is 9.70. The molecule has 0 fully saturated rings. The molecular weight excluding hydrogens is 402 g/mol. The Kier molecular flexibility index (Phi) is 7.21. The molecule has 166 valence electrons. The van der Waals surface area contributed by atoms with Gasteiger partial charge in [-0.2, -0.15) is 5.26 Å². The van der Waals surface area contributed by atoms with E-state index in [4.69, 9.17) is 14.2 Å². The smallest absolute Gasteiger partial charge is 0.142 e. The van der Waals surface area contributed by atoms with Crippen molar-refractivity contribution in [3.63, 3.8) is 0 Å². The van der Waals surface area contributed by atoms with E-state index in [0.717, 1.165) is 34.0 Å². The monoisotopic (exact) mass is 431 g/mol. The highest BCUT2D eigenvalue weighted by Crippen LogP contribution is 2.34. The summed E-state index contributed by atoms with van der Waals surface area (Å²) in [5.74, 6) is 3.01. The molecular formula is C26H29N3O3. The van der Waals surface area contributed by atoms with Gasteiger partial charge >= 0.3 is 0 Å². The van der Waals surface area contributed by atoms with Crippen LogP contribution >= 0.6 is 0 Å². The van der Waals surface area contributed by atoms with Crippen LogP contribution in [-0.4, -0.2) is 26.3 Å². The van der Waals surface area contributed by atoms with Crippen LogP contribution in [0.3, 0.4) is 0 Å². The van der Waals surface area contributed by atoms with Crippen LogP contribution in [0.5, 0.6) is 17.2 Å². The van der Waals surface area contributed by atoms with Gasteiger partial charge in [0.1, 0.15) is 23.1 Å². The number of anilines is 1. The molecule has 1 aromatic heterocycles. The van der Waals surface area contributed by atoms with Gasteiger partial charge in [0.25, 0.3) is 0 Å². The number of ether oxygens (including phenoxy) is 3. The van der Waals surface area contributed by atoms with Crippen molar-refractivity contribution in [2.45, 2.75) is 32.4 Å². The van der Waals surface area contributed by atoms with Gasteiger partial charge in [-0.15, -0.1) is 0 Å². The molecule has 6 nitrogen and oxygen atoms in total. The number of rotatable bonds is 9. The van der Waals surface area contributed by atoms with Crippen LogP contribution in [0.2, 0.25) is 0 Å². The maximum Gasteiger partial charge on any atom is 0.142 e. The molecule has 0 saturated carbocycles. The summed E-state index contributed by atoms with van der Waals surface area (Å²) in [6.45, 7) is 5.04. The Balaban J connectivity index is 2.00. The van der Waals surface area contributed by atoms with Gasteiger partial charge in [0.05, 0.1) is 39.0 Å². The molecule has 0 saturated heterocycles. The minimum Gasteiger partial charge on any atom is -0.497 e. The summed E-state index contributed by atoms with van der Waals surface area (Å²) in [5.41, 5.74) is 2.34. The van der Waals surface area contributed by atoms with Crippen molar-refractivity contribution in [2.24, 2.45) is 0 Å². The number of nitrogens with zero attached hydrogens (tertiary/aromatic N) is 3. The fourth-order valence-corrected chi connectivity index (χ4v) is 3.44. The molecule has 3 aromatic rings. The number of aromatic nitrogens is 1. The molecule has 0 radical (unpaired) electrons. The third kappa shape index (κ3) is 5.30. The molecule has 0 amide bonds. The molecule has 6 heteroatoms. The van der Waals surface area contributed by atoms with E-state index >= 15 is 0 Å². The summed E-state index contributed by atoms with van der Waals surface area (Å²) in [6, 6.07) is 20.3. The van der Waals surface area contributed by atoms with Crippen LogP contribution in [0.1, 0.15) is 30.5 Å². The molecule has 0 spiro atoms. The van der Waals surface area contributed by atoms with Crippen molar-refractivity contribution in [3.05, 3.63) is 77.5 Å². The Bertz CT molecular complexity index is 1020. The van der Waals surface area contributed by atoms with E-state index in [-0.39, 0.29) is 0 Å². The second-order valence-electron chi connectivity index (χ2n) is 8.03. The quantitative estimate of drug-likeness (QED) is 0.469. The Morgan fingerprint density at radius 3 is 1.75 bits per heavy atom. The fourth-order valence-electron chi connectivity index (χ4n) is 3.44. The lowest BCUT2D eigenvalue weighted by Crippen LogP contribution is -2.24. The third-order valence-electron chi connectivity index (χ3n) is 5.41. The van der Waals surface area contributed by atoms with Crippen molar-refractivity contribution >= 4 is 5.82 Å². The zero-order valence-corrected chi connectivity index (χ0v) is 19.3. The molecule has 0 N–H and O–H groups in total. The zero-order chi connectivity index (χ0) is 23.1. The van der Waals surface area contributed by atoms with E-state index in [1.54, 1.807) is 27.5 Å². The summed E-state index contributed by atoms with van der Waals surface area (Å²) in [5, 5.41) is 9.70. The number of pyridine rings is 1. The Morgan fingerprint density at radius 2 is 1.34 bits per heavy atom. The van der Waals surface area contributed by atoms with E-state index in [9.17, 15) is 5.26 Å². The van der Waals surface area contributed by atoms with Crippen LogP contribution in [0.4, 0.5) is 5.82 Å². The second-order valence-corrected chi connectivity index (χ2v) is 8.03. The first kappa shape index (κ1) is 23.0. The molecule has 3 rings (SSSR count). The second kappa shape index (κ2) is 10.1. The molecule has 0 aliphatic rings. The van der Waals surface area contributed by atoms with Gasteiger partial charge in [-0.3, -0.25) is 0 Å². The summed E-state index contributed by atoms with van der Waals surface area (Å²) >= 11 is 0. The van der Waals surface area contributed by atoms with Gasteiger partial charge in [0.15, 0.2) is 0 Å². The standard InChI is InChI=1S/C26H29N3O3/c1-26(2,18-27)23-14-25(28-15-24(23)32-5)29(16-19-6-10-21(30-3)11-7-19)17-20-8-12-22(31-4)13-9-20/h6-15H,16-17H2,1-5H3. The molecule has 0 aliphatic heterocycles. The molecule has 0 atom stereocenters. The third-order valence-corrected chi connectivity index (χ3v) is 5.41. The van der Waals surface area contributed by atoms with Crippen molar-refractivity contribution < 1.29 is 14.2 Å². The van der Waals surface area contributed by atoms with Crippen LogP contribution in [0.25, 0.3) is 0 Å². The average Bonchev–Trinajstić information content (AvgIpc) is 2.84. The minimum atomic E-state index is -0.713. The van der Waals surface area contributed by atoms with Crippen LogP contribution in [0.15, 0.2) is 60.8 Å². The van der Waals surface area contributed by atoms with Crippen LogP contribution in [0, 0.1) is 11.3 Å².